The third kappa shape index (κ3) is 9.29. The number of hydrogen-bond donors (Lipinski definition) is 1. The summed E-state index contributed by atoms with van der Waals surface area (Å²) >= 11 is 12.4. The van der Waals surface area contributed by atoms with Crippen LogP contribution in [-0.2, 0) is 28.0 Å². The van der Waals surface area contributed by atoms with Crippen LogP contribution in [0.1, 0.15) is 58.2 Å². The average molecular weight is 570 g/mol. The SMILES string of the molecule is CC(C)(C)NC(=O)[C@@H](Cc1ccccc1)N(Cc1ccc(Cl)c(Cl)c1)C(=O)COc1ccc(C(C)(C)C)cc1. The average Bonchev–Trinajstić information content (AvgIpc) is 2.86. The second kappa shape index (κ2) is 12.9. The van der Waals surface area contributed by atoms with E-state index in [-0.39, 0.29) is 30.4 Å². The first-order chi connectivity index (χ1) is 18.2. The second-order valence-corrected chi connectivity index (χ2v) is 12.6. The Morgan fingerprint density at radius 2 is 1.49 bits per heavy atom. The highest BCUT2D eigenvalue weighted by atomic mass is 35.5. The number of carbonyl (C=O) groups excluding carboxylic acids is 2. The lowest BCUT2D eigenvalue weighted by Gasteiger charge is -2.33. The molecule has 0 aliphatic heterocycles. The van der Waals surface area contributed by atoms with Crippen LogP contribution < -0.4 is 10.1 Å². The first-order valence-electron chi connectivity index (χ1n) is 13.1. The van der Waals surface area contributed by atoms with E-state index in [0.717, 1.165) is 11.1 Å². The van der Waals surface area contributed by atoms with E-state index in [0.29, 0.717) is 22.2 Å². The standard InChI is InChI=1S/C32H38Cl2N2O3/c1-31(2,3)24-13-15-25(16-14-24)39-21-29(37)36(20-23-12-17-26(33)27(34)18-23)28(30(38)35-32(4,5)6)19-22-10-8-7-9-11-22/h7-18,28H,19-21H2,1-6H3,(H,35,38)/t28-/m1/s1. The number of hydrogen-bond acceptors (Lipinski definition) is 3. The van der Waals surface area contributed by atoms with E-state index < -0.39 is 11.6 Å². The predicted octanol–water partition coefficient (Wildman–Crippen LogP) is 7.22. The molecule has 3 aromatic carbocycles. The number of benzene rings is 3. The van der Waals surface area contributed by atoms with Gasteiger partial charge in [-0.25, -0.2) is 0 Å². The van der Waals surface area contributed by atoms with Gasteiger partial charge in [-0.2, -0.15) is 0 Å². The van der Waals surface area contributed by atoms with Crippen molar-refractivity contribution in [2.45, 2.75) is 71.5 Å². The molecular weight excluding hydrogens is 531 g/mol. The van der Waals surface area contributed by atoms with Crippen LogP contribution in [0.25, 0.3) is 0 Å². The Kier molecular flexibility index (Phi) is 10.1. The van der Waals surface area contributed by atoms with Gasteiger partial charge in [0.25, 0.3) is 5.91 Å². The van der Waals surface area contributed by atoms with Gasteiger partial charge in [0.1, 0.15) is 11.8 Å². The molecule has 1 N–H and O–H groups in total. The fourth-order valence-electron chi connectivity index (χ4n) is 4.12. The van der Waals surface area contributed by atoms with Crippen molar-refractivity contribution in [2.75, 3.05) is 6.61 Å². The Balaban J connectivity index is 1.92. The molecule has 1 atom stereocenters. The van der Waals surface area contributed by atoms with Crippen LogP contribution in [0.5, 0.6) is 5.75 Å². The maximum atomic E-state index is 13.8. The van der Waals surface area contributed by atoms with Crippen molar-refractivity contribution in [1.82, 2.24) is 10.2 Å². The minimum atomic E-state index is -0.777. The molecule has 0 unspecified atom stereocenters. The number of nitrogens with zero attached hydrogens (tertiary/aromatic N) is 1. The van der Waals surface area contributed by atoms with E-state index in [1.54, 1.807) is 17.0 Å². The van der Waals surface area contributed by atoms with Crippen LogP contribution in [0.15, 0.2) is 72.8 Å². The molecule has 5 nitrogen and oxygen atoms in total. The Bertz CT molecular complexity index is 1260. The Labute approximate surface area is 242 Å². The molecule has 0 radical (unpaired) electrons. The molecule has 7 heteroatoms. The highest BCUT2D eigenvalue weighted by Crippen LogP contribution is 2.26. The van der Waals surface area contributed by atoms with Gasteiger partial charge >= 0.3 is 0 Å². The number of halogens is 2. The van der Waals surface area contributed by atoms with Crippen molar-refractivity contribution in [2.24, 2.45) is 0 Å². The summed E-state index contributed by atoms with van der Waals surface area (Å²) in [7, 11) is 0. The highest BCUT2D eigenvalue weighted by Gasteiger charge is 2.32. The van der Waals surface area contributed by atoms with Crippen molar-refractivity contribution < 1.29 is 14.3 Å². The molecule has 39 heavy (non-hydrogen) atoms. The number of ether oxygens (including phenoxy) is 1. The van der Waals surface area contributed by atoms with Gasteiger partial charge < -0.3 is 15.0 Å². The smallest absolute Gasteiger partial charge is 0.261 e. The summed E-state index contributed by atoms with van der Waals surface area (Å²) in [5, 5.41) is 3.86. The maximum Gasteiger partial charge on any atom is 0.261 e. The van der Waals surface area contributed by atoms with Crippen molar-refractivity contribution in [1.29, 1.82) is 0 Å². The first kappa shape index (κ1) is 30.5. The molecule has 3 rings (SSSR count). The summed E-state index contributed by atoms with van der Waals surface area (Å²) in [4.78, 5) is 29.0. The molecule has 2 amide bonds. The Morgan fingerprint density at radius 3 is 2.05 bits per heavy atom. The number of nitrogens with one attached hydrogen (secondary N) is 1. The number of carbonyl (C=O) groups is 2. The summed E-state index contributed by atoms with van der Waals surface area (Å²) in [6, 6.07) is 21.8. The lowest BCUT2D eigenvalue weighted by Crippen LogP contribution is -2.55. The molecule has 0 saturated heterocycles. The largest absolute Gasteiger partial charge is 0.484 e. The predicted molar refractivity (Wildman–Crippen MR) is 159 cm³/mol. The summed E-state index contributed by atoms with van der Waals surface area (Å²) in [5.41, 5.74) is 2.40. The summed E-state index contributed by atoms with van der Waals surface area (Å²) in [5.74, 6) is 0.0323. The quantitative estimate of drug-likeness (QED) is 0.296. The maximum absolute atomic E-state index is 13.8. The van der Waals surface area contributed by atoms with Gasteiger partial charge in [-0.15, -0.1) is 0 Å². The molecule has 3 aromatic rings. The molecule has 0 bridgehead atoms. The molecule has 0 heterocycles. The lowest BCUT2D eigenvalue weighted by molar-refractivity contribution is -0.143. The molecule has 0 spiro atoms. The van der Waals surface area contributed by atoms with E-state index in [9.17, 15) is 9.59 Å². The number of amides is 2. The first-order valence-corrected chi connectivity index (χ1v) is 13.8. The molecule has 208 valence electrons. The fourth-order valence-corrected chi connectivity index (χ4v) is 4.44. The molecule has 0 aromatic heterocycles. The van der Waals surface area contributed by atoms with Crippen molar-refractivity contribution in [3.8, 4) is 5.75 Å². The third-order valence-corrected chi connectivity index (χ3v) is 6.93. The summed E-state index contributed by atoms with van der Waals surface area (Å²) in [6.07, 6.45) is 0.343. The zero-order valence-electron chi connectivity index (χ0n) is 23.6. The van der Waals surface area contributed by atoms with E-state index in [2.05, 4.69) is 26.1 Å². The minimum Gasteiger partial charge on any atom is -0.484 e. The van der Waals surface area contributed by atoms with Gasteiger partial charge in [-0.1, -0.05) is 92.5 Å². The second-order valence-electron chi connectivity index (χ2n) is 11.8. The van der Waals surface area contributed by atoms with E-state index in [4.69, 9.17) is 27.9 Å². The van der Waals surface area contributed by atoms with Crippen LogP contribution in [0, 0.1) is 0 Å². The molecule has 0 aliphatic carbocycles. The highest BCUT2D eigenvalue weighted by molar-refractivity contribution is 6.42. The molecule has 0 aliphatic rings. The zero-order chi connectivity index (χ0) is 28.8. The lowest BCUT2D eigenvalue weighted by atomic mass is 9.87. The topological polar surface area (TPSA) is 58.6 Å². The van der Waals surface area contributed by atoms with Gasteiger partial charge in [0, 0.05) is 18.5 Å². The third-order valence-electron chi connectivity index (χ3n) is 6.19. The van der Waals surface area contributed by atoms with Crippen molar-refractivity contribution >= 4 is 35.0 Å². The van der Waals surface area contributed by atoms with Crippen LogP contribution in [0.4, 0.5) is 0 Å². The van der Waals surface area contributed by atoms with Crippen molar-refractivity contribution in [3.05, 3.63) is 99.5 Å². The zero-order valence-corrected chi connectivity index (χ0v) is 25.1. The van der Waals surface area contributed by atoms with Crippen LogP contribution in [-0.4, -0.2) is 34.9 Å². The number of rotatable bonds is 9. The normalized spacial score (nSPS) is 12.5. The monoisotopic (exact) mass is 568 g/mol. The minimum absolute atomic E-state index is 0.01000. The van der Waals surface area contributed by atoms with E-state index >= 15 is 0 Å². The Hall–Kier alpha value is -3.02. The van der Waals surface area contributed by atoms with E-state index in [1.165, 1.54) is 5.56 Å². The molecule has 0 fully saturated rings. The van der Waals surface area contributed by atoms with Gasteiger partial charge in [0.2, 0.25) is 5.91 Å². The van der Waals surface area contributed by atoms with Gasteiger partial charge in [-0.3, -0.25) is 9.59 Å². The van der Waals surface area contributed by atoms with Crippen LogP contribution in [0.3, 0.4) is 0 Å². The van der Waals surface area contributed by atoms with Crippen molar-refractivity contribution in [3.63, 3.8) is 0 Å². The van der Waals surface area contributed by atoms with E-state index in [1.807, 2.05) is 81.4 Å². The van der Waals surface area contributed by atoms with Crippen LogP contribution in [0.2, 0.25) is 10.0 Å². The molecular formula is C32H38Cl2N2O3. The Morgan fingerprint density at radius 1 is 0.846 bits per heavy atom. The molecule has 0 saturated carbocycles. The van der Waals surface area contributed by atoms with Crippen LogP contribution >= 0.6 is 23.2 Å². The summed E-state index contributed by atoms with van der Waals surface area (Å²) in [6.45, 7) is 12.1. The van der Waals surface area contributed by atoms with Gasteiger partial charge in [0.05, 0.1) is 10.0 Å². The van der Waals surface area contributed by atoms with Gasteiger partial charge in [0.15, 0.2) is 6.61 Å². The van der Waals surface area contributed by atoms with Gasteiger partial charge in [-0.05, 0) is 67.1 Å². The fraction of sp³-hybridized carbons (Fsp3) is 0.375. The summed E-state index contributed by atoms with van der Waals surface area (Å²) < 4.78 is 5.91.